The van der Waals surface area contributed by atoms with E-state index in [9.17, 15) is 0 Å². The van der Waals surface area contributed by atoms with E-state index in [2.05, 4.69) is 24.9 Å². The van der Waals surface area contributed by atoms with Crippen LogP contribution in [0.2, 0.25) is 0 Å². The summed E-state index contributed by atoms with van der Waals surface area (Å²) in [7, 11) is 4.18. The van der Waals surface area contributed by atoms with Crippen molar-refractivity contribution in [2.24, 2.45) is 0 Å². The van der Waals surface area contributed by atoms with Crippen molar-refractivity contribution in [1.82, 2.24) is 4.90 Å². The molecule has 0 atom stereocenters. The number of terminal acetylenes is 1. The van der Waals surface area contributed by atoms with Gasteiger partial charge in [-0.3, -0.25) is 4.90 Å². The van der Waals surface area contributed by atoms with Crippen LogP contribution in [-0.2, 0) is 0 Å². The molecule has 0 spiro atoms. The summed E-state index contributed by atoms with van der Waals surface area (Å²) < 4.78 is 0. The van der Waals surface area contributed by atoms with Gasteiger partial charge in [0.05, 0.1) is 5.54 Å². The minimum Gasteiger partial charge on any atom is -0.293 e. The molecule has 1 saturated carbocycles. The van der Waals surface area contributed by atoms with Gasteiger partial charge in [0.15, 0.2) is 0 Å². The summed E-state index contributed by atoms with van der Waals surface area (Å²) >= 11 is 0. The zero-order valence-corrected chi connectivity index (χ0v) is 7.56. The standard InChI is InChI=1S/C10H17N/c1-4-10(11(2)3)8-6-5-7-9-10/h1H,5-9H2,2-3H3. The molecule has 1 heteroatoms. The van der Waals surface area contributed by atoms with Gasteiger partial charge in [0.1, 0.15) is 0 Å². The molecule has 1 fully saturated rings. The molecule has 62 valence electrons. The van der Waals surface area contributed by atoms with Gasteiger partial charge in [0, 0.05) is 0 Å². The maximum absolute atomic E-state index is 5.55. The van der Waals surface area contributed by atoms with Crippen molar-refractivity contribution < 1.29 is 0 Å². The summed E-state index contributed by atoms with van der Waals surface area (Å²) in [5.41, 5.74) is 0.0816. The average Bonchev–Trinajstić information content (AvgIpc) is 2.05. The fourth-order valence-electron chi connectivity index (χ4n) is 1.86. The molecule has 0 radical (unpaired) electrons. The maximum atomic E-state index is 5.55. The fraction of sp³-hybridized carbons (Fsp3) is 0.800. The third kappa shape index (κ3) is 1.57. The average molecular weight is 151 g/mol. The molecule has 0 N–H and O–H groups in total. The Morgan fingerprint density at radius 3 is 2.00 bits per heavy atom. The lowest BCUT2D eigenvalue weighted by Gasteiger charge is -2.38. The van der Waals surface area contributed by atoms with Crippen LogP contribution in [0.15, 0.2) is 0 Å². The van der Waals surface area contributed by atoms with E-state index in [4.69, 9.17) is 6.42 Å². The highest BCUT2D eigenvalue weighted by atomic mass is 15.1. The van der Waals surface area contributed by atoms with Gasteiger partial charge in [-0.25, -0.2) is 0 Å². The summed E-state index contributed by atoms with van der Waals surface area (Å²) in [5.74, 6) is 2.94. The Bertz CT molecular complexity index is 158. The SMILES string of the molecule is C#CC1(N(C)C)CCCCC1. The summed E-state index contributed by atoms with van der Waals surface area (Å²) in [6.07, 6.45) is 11.8. The van der Waals surface area contributed by atoms with Crippen LogP contribution < -0.4 is 0 Å². The van der Waals surface area contributed by atoms with Gasteiger partial charge in [0.25, 0.3) is 0 Å². The minimum absolute atomic E-state index is 0.0816. The van der Waals surface area contributed by atoms with Gasteiger partial charge < -0.3 is 0 Å². The molecule has 1 aliphatic carbocycles. The quantitative estimate of drug-likeness (QED) is 0.517. The summed E-state index contributed by atoms with van der Waals surface area (Å²) in [5, 5.41) is 0. The van der Waals surface area contributed by atoms with E-state index in [0.29, 0.717) is 0 Å². The first-order valence-electron chi connectivity index (χ1n) is 4.36. The molecule has 0 unspecified atom stereocenters. The van der Waals surface area contributed by atoms with Crippen LogP contribution in [0.5, 0.6) is 0 Å². The van der Waals surface area contributed by atoms with Crippen LogP contribution in [0.4, 0.5) is 0 Å². The Balaban J connectivity index is 2.67. The van der Waals surface area contributed by atoms with Crippen LogP contribution in [-0.4, -0.2) is 24.5 Å². The van der Waals surface area contributed by atoms with E-state index in [1.165, 1.54) is 32.1 Å². The molecular formula is C10H17N. The third-order valence-corrected chi connectivity index (χ3v) is 2.81. The van der Waals surface area contributed by atoms with Crippen molar-refractivity contribution in [3.05, 3.63) is 0 Å². The molecule has 0 aromatic rings. The van der Waals surface area contributed by atoms with E-state index in [-0.39, 0.29) is 5.54 Å². The predicted molar refractivity (Wildman–Crippen MR) is 48.3 cm³/mol. The second kappa shape index (κ2) is 3.28. The van der Waals surface area contributed by atoms with Crippen LogP contribution in [0, 0.1) is 12.3 Å². The van der Waals surface area contributed by atoms with Crippen molar-refractivity contribution in [1.29, 1.82) is 0 Å². The molecule has 0 saturated heterocycles. The van der Waals surface area contributed by atoms with Crippen LogP contribution in [0.25, 0.3) is 0 Å². The van der Waals surface area contributed by atoms with Gasteiger partial charge in [-0.05, 0) is 26.9 Å². The number of rotatable bonds is 1. The fourth-order valence-corrected chi connectivity index (χ4v) is 1.86. The minimum atomic E-state index is 0.0816. The molecule has 1 rings (SSSR count). The zero-order valence-electron chi connectivity index (χ0n) is 7.56. The van der Waals surface area contributed by atoms with E-state index >= 15 is 0 Å². The zero-order chi connectivity index (χ0) is 8.32. The van der Waals surface area contributed by atoms with Gasteiger partial charge in [-0.15, -0.1) is 6.42 Å². The third-order valence-electron chi connectivity index (χ3n) is 2.81. The van der Waals surface area contributed by atoms with Crippen molar-refractivity contribution in [3.63, 3.8) is 0 Å². The highest BCUT2D eigenvalue weighted by molar-refractivity contribution is 5.13. The Hall–Kier alpha value is -0.480. The van der Waals surface area contributed by atoms with E-state index in [1.807, 2.05) is 0 Å². The Labute approximate surface area is 69.8 Å². The highest BCUT2D eigenvalue weighted by Gasteiger charge is 2.31. The van der Waals surface area contributed by atoms with Gasteiger partial charge in [-0.2, -0.15) is 0 Å². The van der Waals surface area contributed by atoms with Gasteiger partial charge in [-0.1, -0.05) is 25.2 Å². The Morgan fingerprint density at radius 1 is 1.18 bits per heavy atom. The Kier molecular flexibility index (Phi) is 2.57. The van der Waals surface area contributed by atoms with Crippen molar-refractivity contribution in [2.45, 2.75) is 37.6 Å². The number of hydrogen-bond acceptors (Lipinski definition) is 1. The molecule has 0 aromatic heterocycles. The molecule has 1 aliphatic rings. The van der Waals surface area contributed by atoms with Crippen molar-refractivity contribution in [2.75, 3.05) is 14.1 Å². The van der Waals surface area contributed by atoms with E-state index in [1.54, 1.807) is 0 Å². The number of hydrogen-bond donors (Lipinski definition) is 0. The van der Waals surface area contributed by atoms with Crippen LogP contribution in [0.1, 0.15) is 32.1 Å². The van der Waals surface area contributed by atoms with Crippen molar-refractivity contribution >= 4 is 0 Å². The summed E-state index contributed by atoms with van der Waals surface area (Å²) in [6, 6.07) is 0. The molecule has 0 heterocycles. The summed E-state index contributed by atoms with van der Waals surface area (Å²) in [4.78, 5) is 2.20. The van der Waals surface area contributed by atoms with E-state index in [0.717, 1.165) is 0 Å². The normalized spacial score (nSPS) is 23.1. The molecule has 0 amide bonds. The first-order chi connectivity index (χ1) is 5.21. The largest absolute Gasteiger partial charge is 0.293 e. The van der Waals surface area contributed by atoms with Crippen LogP contribution in [0.3, 0.4) is 0 Å². The molecule has 0 aromatic carbocycles. The lowest BCUT2D eigenvalue weighted by atomic mass is 9.81. The second-order valence-electron chi connectivity index (χ2n) is 3.63. The Morgan fingerprint density at radius 2 is 1.73 bits per heavy atom. The first-order valence-corrected chi connectivity index (χ1v) is 4.36. The summed E-state index contributed by atoms with van der Waals surface area (Å²) in [6.45, 7) is 0. The first kappa shape index (κ1) is 8.62. The lowest BCUT2D eigenvalue weighted by Crippen LogP contribution is -2.44. The van der Waals surface area contributed by atoms with Crippen LogP contribution >= 0.6 is 0 Å². The maximum Gasteiger partial charge on any atom is 0.0818 e. The molecule has 0 aliphatic heterocycles. The number of nitrogens with zero attached hydrogens (tertiary/aromatic N) is 1. The van der Waals surface area contributed by atoms with Gasteiger partial charge in [0.2, 0.25) is 0 Å². The molecule has 11 heavy (non-hydrogen) atoms. The topological polar surface area (TPSA) is 3.24 Å². The monoisotopic (exact) mass is 151 g/mol. The van der Waals surface area contributed by atoms with E-state index < -0.39 is 0 Å². The second-order valence-corrected chi connectivity index (χ2v) is 3.63. The predicted octanol–water partition coefficient (Wildman–Crippen LogP) is 1.88. The molecule has 0 bridgehead atoms. The van der Waals surface area contributed by atoms with Crippen molar-refractivity contribution in [3.8, 4) is 12.3 Å². The van der Waals surface area contributed by atoms with Gasteiger partial charge >= 0.3 is 0 Å². The smallest absolute Gasteiger partial charge is 0.0818 e. The highest BCUT2D eigenvalue weighted by Crippen LogP contribution is 2.31. The molecule has 1 nitrogen and oxygen atoms in total. The lowest BCUT2D eigenvalue weighted by molar-refractivity contribution is 0.161. The molecular weight excluding hydrogens is 134 g/mol.